The Hall–Kier alpha value is -1.53. The summed E-state index contributed by atoms with van der Waals surface area (Å²) >= 11 is 1.62. The Morgan fingerprint density at radius 2 is 1.86 bits per heavy atom. The summed E-state index contributed by atoms with van der Waals surface area (Å²) in [5, 5.41) is 15.2. The molecule has 1 aliphatic rings. The van der Waals surface area contributed by atoms with E-state index in [-0.39, 0.29) is 12.6 Å². The number of carbonyl (C=O) groups excluding carboxylic acids is 2. The number of nitrogens with one attached hydrogen (secondary N) is 2. The monoisotopic (exact) mass is 322 g/mol. The molecule has 1 fully saturated rings. The molecule has 1 aliphatic carbocycles. The molecule has 0 aliphatic heterocycles. The van der Waals surface area contributed by atoms with Gasteiger partial charge in [0, 0.05) is 17.5 Å². The van der Waals surface area contributed by atoms with Crippen molar-refractivity contribution in [3.63, 3.8) is 0 Å². The first-order valence-corrected chi connectivity index (χ1v) is 8.73. The molecule has 1 aromatic rings. The average Bonchev–Trinajstić information content (AvgIpc) is 3.05. The lowest BCUT2D eigenvalue weighted by Gasteiger charge is -2.14. The van der Waals surface area contributed by atoms with Crippen molar-refractivity contribution in [1.82, 2.24) is 10.6 Å². The fourth-order valence-corrected chi connectivity index (χ4v) is 2.94. The lowest BCUT2D eigenvalue weighted by Crippen LogP contribution is -2.44. The number of benzene rings is 1. The molecule has 0 heterocycles. The number of aliphatic hydroxyl groups excluding tert-OH is 1. The van der Waals surface area contributed by atoms with Gasteiger partial charge in [0.05, 0.1) is 6.10 Å². The maximum Gasteiger partial charge on any atom is 0.309 e. The molecule has 1 saturated carbocycles. The van der Waals surface area contributed by atoms with Crippen LogP contribution in [0.3, 0.4) is 0 Å². The predicted molar refractivity (Wildman–Crippen MR) is 86.6 cm³/mol. The zero-order chi connectivity index (χ0) is 15.9. The maximum atomic E-state index is 11.7. The van der Waals surface area contributed by atoms with E-state index < -0.39 is 17.9 Å². The van der Waals surface area contributed by atoms with E-state index in [0.717, 1.165) is 30.6 Å². The first kappa shape index (κ1) is 16.8. The second-order valence-electron chi connectivity index (χ2n) is 5.45. The van der Waals surface area contributed by atoms with Gasteiger partial charge in [-0.25, -0.2) is 0 Å². The van der Waals surface area contributed by atoms with Crippen molar-refractivity contribution in [2.24, 2.45) is 0 Å². The third-order valence-electron chi connectivity index (χ3n) is 3.85. The molecule has 0 radical (unpaired) electrons. The van der Waals surface area contributed by atoms with E-state index in [4.69, 9.17) is 0 Å². The van der Waals surface area contributed by atoms with Gasteiger partial charge in [0.1, 0.15) is 0 Å². The minimum absolute atomic E-state index is 0.0233. The standard InChI is InChI=1S/C16H22N2O3S/c1-22-13-8-6-11(7-9-13)14(19)10-17-15(20)16(21)18-12-4-2-3-5-12/h6-9,12,14,19H,2-5,10H2,1H3,(H,17,20)(H,18,21)/t14-/m1/s1. The number of hydrogen-bond acceptors (Lipinski definition) is 4. The Labute approximate surface area is 134 Å². The Bertz CT molecular complexity index is 513. The van der Waals surface area contributed by atoms with Crippen LogP contribution in [-0.2, 0) is 9.59 Å². The fraction of sp³-hybridized carbons (Fsp3) is 0.500. The molecule has 0 spiro atoms. The van der Waals surface area contributed by atoms with Crippen LogP contribution in [0.5, 0.6) is 0 Å². The minimum atomic E-state index is -0.820. The van der Waals surface area contributed by atoms with Crippen molar-refractivity contribution in [2.45, 2.75) is 42.7 Å². The van der Waals surface area contributed by atoms with Gasteiger partial charge in [-0.3, -0.25) is 9.59 Å². The van der Waals surface area contributed by atoms with Crippen LogP contribution in [0.15, 0.2) is 29.2 Å². The van der Waals surface area contributed by atoms with Gasteiger partial charge in [-0.2, -0.15) is 0 Å². The summed E-state index contributed by atoms with van der Waals surface area (Å²) in [6.07, 6.45) is 5.22. The smallest absolute Gasteiger partial charge is 0.309 e. The van der Waals surface area contributed by atoms with E-state index in [1.54, 1.807) is 11.8 Å². The van der Waals surface area contributed by atoms with Gasteiger partial charge < -0.3 is 15.7 Å². The lowest BCUT2D eigenvalue weighted by atomic mass is 10.1. The molecule has 5 nitrogen and oxygen atoms in total. The van der Waals surface area contributed by atoms with Gasteiger partial charge in [0.2, 0.25) is 0 Å². The Balaban J connectivity index is 1.77. The normalized spacial score (nSPS) is 16.3. The van der Waals surface area contributed by atoms with E-state index in [1.807, 2.05) is 30.5 Å². The summed E-state index contributed by atoms with van der Waals surface area (Å²) in [7, 11) is 0. The van der Waals surface area contributed by atoms with Gasteiger partial charge in [0.15, 0.2) is 0 Å². The minimum Gasteiger partial charge on any atom is -0.387 e. The molecule has 3 N–H and O–H groups in total. The van der Waals surface area contributed by atoms with Gasteiger partial charge in [-0.15, -0.1) is 11.8 Å². The molecule has 1 aromatic carbocycles. The number of amides is 2. The number of aliphatic hydroxyl groups is 1. The Morgan fingerprint density at radius 1 is 1.23 bits per heavy atom. The highest BCUT2D eigenvalue weighted by atomic mass is 32.2. The van der Waals surface area contributed by atoms with Crippen molar-refractivity contribution in [3.8, 4) is 0 Å². The van der Waals surface area contributed by atoms with E-state index in [0.29, 0.717) is 5.56 Å². The SMILES string of the molecule is CSc1ccc([C@H](O)CNC(=O)C(=O)NC2CCCC2)cc1. The first-order chi connectivity index (χ1) is 10.6. The second kappa shape index (κ2) is 8.19. The number of carbonyl (C=O) groups is 2. The van der Waals surface area contributed by atoms with Crippen molar-refractivity contribution in [3.05, 3.63) is 29.8 Å². The zero-order valence-corrected chi connectivity index (χ0v) is 13.5. The van der Waals surface area contributed by atoms with Crippen LogP contribution < -0.4 is 10.6 Å². The summed E-state index contributed by atoms with van der Waals surface area (Å²) in [6, 6.07) is 7.58. The Kier molecular flexibility index (Phi) is 6.27. The van der Waals surface area contributed by atoms with Crippen LogP contribution in [0.1, 0.15) is 37.4 Å². The molecule has 6 heteroatoms. The molecule has 2 amide bonds. The molecule has 0 unspecified atom stereocenters. The average molecular weight is 322 g/mol. The molecule has 0 bridgehead atoms. The Morgan fingerprint density at radius 3 is 2.45 bits per heavy atom. The highest BCUT2D eigenvalue weighted by molar-refractivity contribution is 7.98. The van der Waals surface area contributed by atoms with Crippen molar-refractivity contribution < 1.29 is 14.7 Å². The van der Waals surface area contributed by atoms with Crippen LogP contribution >= 0.6 is 11.8 Å². The van der Waals surface area contributed by atoms with Crippen molar-refractivity contribution in [2.75, 3.05) is 12.8 Å². The largest absolute Gasteiger partial charge is 0.387 e. The molecule has 2 rings (SSSR count). The van der Waals surface area contributed by atoms with Gasteiger partial charge in [-0.05, 0) is 36.8 Å². The van der Waals surface area contributed by atoms with E-state index in [1.165, 1.54) is 0 Å². The molecule has 22 heavy (non-hydrogen) atoms. The molecule has 120 valence electrons. The van der Waals surface area contributed by atoms with E-state index in [9.17, 15) is 14.7 Å². The van der Waals surface area contributed by atoms with Crippen LogP contribution in [0, 0.1) is 0 Å². The summed E-state index contributed by atoms with van der Waals surface area (Å²) in [4.78, 5) is 24.6. The van der Waals surface area contributed by atoms with Gasteiger partial charge in [-0.1, -0.05) is 25.0 Å². The number of thioether (sulfide) groups is 1. The summed E-state index contributed by atoms with van der Waals surface area (Å²) in [6.45, 7) is 0.0233. The number of hydrogen-bond donors (Lipinski definition) is 3. The zero-order valence-electron chi connectivity index (χ0n) is 12.7. The van der Waals surface area contributed by atoms with Crippen molar-refractivity contribution in [1.29, 1.82) is 0 Å². The van der Waals surface area contributed by atoms with Gasteiger partial charge >= 0.3 is 11.8 Å². The van der Waals surface area contributed by atoms with Crippen LogP contribution in [-0.4, -0.2) is 35.8 Å². The molecule has 0 saturated heterocycles. The van der Waals surface area contributed by atoms with E-state index in [2.05, 4.69) is 10.6 Å². The summed E-state index contributed by atoms with van der Waals surface area (Å²) in [5.41, 5.74) is 0.717. The maximum absolute atomic E-state index is 11.7. The van der Waals surface area contributed by atoms with Gasteiger partial charge in [0.25, 0.3) is 0 Å². The van der Waals surface area contributed by atoms with Crippen LogP contribution in [0.4, 0.5) is 0 Å². The van der Waals surface area contributed by atoms with Crippen molar-refractivity contribution >= 4 is 23.6 Å². The molecule has 1 atom stereocenters. The highest BCUT2D eigenvalue weighted by Crippen LogP contribution is 2.19. The third-order valence-corrected chi connectivity index (χ3v) is 4.60. The molecular formula is C16H22N2O3S. The first-order valence-electron chi connectivity index (χ1n) is 7.51. The lowest BCUT2D eigenvalue weighted by molar-refractivity contribution is -0.139. The highest BCUT2D eigenvalue weighted by Gasteiger charge is 2.21. The molecule has 0 aromatic heterocycles. The second-order valence-corrected chi connectivity index (χ2v) is 6.33. The van der Waals surface area contributed by atoms with Crippen LogP contribution in [0.2, 0.25) is 0 Å². The van der Waals surface area contributed by atoms with Crippen LogP contribution in [0.25, 0.3) is 0 Å². The summed E-state index contributed by atoms with van der Waals surface area (Å²) < 4.78 is 0. The molecular weight excluding hydrogens is 300 g/mol. The number of rotatable bonds is 5. The van der Waals surface area contributed by atoms with E-state index >= 15 is 0 Å². The fourth-order valence-electron chi connectivity index (χ4n) is 2.53. The predicted octanol–water partition coefficient (Wildman–Crippen LogP) is 1.62. The summed E-state index contributed by atoms with van der Waals surface area (Å²) in [5.74, 6) is -1.30. The topological polar surface area (TPSA) is 78.4 Å². The quantitative estimate of drug-likeness (QED) is 0.568. The third kappa shape index (κ3) is 4.74.